The maximum Gasteiger partial charge on any atom is 0.274 e. The minimum absolute atomic E-state index is 0.0233. The van der Waals surface area contributed by atoms with Crippen LogP contribution in [0.3, 0.4) is 0 Å². The molecule has 1 aromatic carbocycles. The number of unbranched alkanes of at least 4 members (excludes halogenated alkanes) is 3. The van der Waals surface area contributed by atoms with Crippen molar-refractivity contribution in [3.63, 3.8) is 0 Å². The average Bonchev–Trinajstić information content (AvgIpc) is 3.09. The van der Waals surface area contributed by atoms with Gasteiger partial charge < -0.3 is 14.2 Å². The van der Waals surface area contributed by atoms with E-state index in [0.717, 1.165) is 37.8 Å². The third-order valence-corrected chi connectivity index (χ3v) is 6.99. The number of carbonyl (C=O) groups excluding carboxylic acids is 1. The van der Waals surface area contributed by atoms with Gasteiger partial charge in [-0.15, -0.1) is 0 Å². The average molecular weight is 473 g/mol. The van der Waals surface area contributed by atoms with E-state index in [1.54, 1.807) is 10.6 Å². The number of aromatic amines is 1. The van der Waals surface area contributed by atoms with Crippen LogP contribution in [0.15, 0.2) is 21.9 Å². The minimum atomic E-state index is -0.253. The van der Waals surface area contributed by atoms with Crippen LogP contribution in [-0.4, -0.2) is 39.6 Å². The zero-order chi connectivity index (χ0) is 23.4. The summed E-state index contributed by atoms with van der Waals surface area (Å²) >= 11 is 6.45. The largest absolute Gasteiger partial charge is 0.482 e. The smallest absolute Gasteiger partial charge is 0.274 e. The number of halogens is 1. The first-order valence-corrected chi connectivity index (χ1v) is 12.5. The SMILES string of the molecule is C=c1c(=O)[nH]c2n1Cc1cc(OCC(=O)N(CCCCCC)C3CCCCC3)c(Cl)cc1N=2. The number of nitrogens with one attached hydrogen (secondary N) is 1. The van der Waals surface area contributed by atoms with Crippen molar-refractivity contribution >= 4 is 29.8 Å². The molecule has 0 spiro atoms. The quantitative estimate of drug-likeness (QED) is 0.482. The highest BCUT2D eigenvalue weighted by atomic mass is 35.5. The molecule has 0 bridgehead atoms. The van der Waals surface area contributed by atoms with Crippen LogP contribution in [-0.2, 0) is 11.3 Å². The van der Waals surface area contributed by atoms with Crippen molar-refractivity contribution < 1.29 is 9.53 Å². The Balaban J connectivity index is 1.46. The molecule has 2 heterocycles. The van der Waals surface area contributed by atoms with E-state index < -0.39 is 0 Å². The van der Waals surface area contributed by atoms with E-state index in [0.29, 0.717) is 40.0 Å². The van der Waals surface area contributed by atoms with E-state index in [4.69, 9.17) is 16.3 Å². The molecule has 8 heteroatoms. The highest BCUT2D eigenvalue weighted by Gasteiger charge is 2.26. The molecule has 0 unspecified atom stereocenters. The van der Waals surface area contributed by atoms with Gasteiger partial charge in [-0.25, -0.2) is 4.99 Å². The van der Waals surface area contributed by atoms with Gasteiger partial charge in [-0.05, 0) is 31.4 Å². The minimum Gasteiger partial charge on any atom is -0.482 e. The first-order valence-electron chi connectivity index (χ1n) is 12.1. The van der Waals surface area contributed by atoms with Gasteiger partial charge in [0.25, 0.3) is 11.5 Å². The molecular formula is C25H33ClN4O3. The maximum absolute atomic E-state index is 13.2. The molecule has 2 aromatic rings. The van der Waals surface area contributed by atoms with Crippen LogP contribution in [0.4, 0.5) is 5.69 Å². The summed E-state index contributed by atoms with van der Waals surface area (Å²) in [4.78, 5) is 34.3. The van der Waals surface area contributed by atoms with Gasteiger partial charge in [0.1, 0.15) is 11.1 Å². The summed E-state index contributed by atoms with van der Waals surface area (Å²) in [5.41, 5.74) is 1.76. The molecule has 33 heavy (non-hydrogen) atoms. The Kier molecular flexibility index (Phi) is 7.58. The lowest BCUT2D eigenvalue weighted by Gasteiger charge is -2.34. The maximum atomic E-state index is 13.2. The molecule has 1 aromatic heterocycles. The van der Waals surface area contributed by atoms with Gasteiger partial charge in [-0.3, -0.25) is 14.6 Å². The molecule has 178 valence electrons. The lowest BCUT2D eigenvalue weighted by molar-refractivity contribution is -0.136. The number of H-pyrrole nitrogens is 1. The zero-order valence-electron chi connectivity index (χ0n) is 19.4. The highest BCUT2D eigenvalue weighted by molar-refractivity contribution is 6.32. The number of hydrogen-bond donors (Lipinski definition) is 1. The molecular weight excluding hydrogens is 440 g/mol. The van der Waals surface area contributed by atoms with Crippen molar-refractivity contribution in [3.05, 3.63) is 44.0 Å². The second kappa shape index (κ2) is 10.6. The highest BCUT2D eigenvalue weighted by Crippen LogP contribution is 2.34. The number of rotatable bonds is 9. The van der Waals surface area contributed by atoms with Crippen molar-refractivity contribution in [2.24, 2.45) is 4.99 Å². The Morgan fingerprint density at radius 1 is 1.27 bits per heavy atom. The molecule has 0 radical (unpaired) electrons. The van der Waals surface area contributed by atoms with Gasteiger partial charge in [0.15, 0.2) is 6.61 Å². The fourth-order valence-corrected chi connectivity index (χ4v) is 5.01. The Bertz CT molecular complexity index is 1160. The predicted octanol–water partition coefficient (Wildman–Crippen LogP) is 3.67. The van der Waals surface area contributed by atoms with E-state index in [1.807, 2.05) is 11.0 Å². The molecule has 0 saturated heterocycles. The van der Waals surface area contributed by atoms with Crippen LogP contribution < -0.4 is 21.3 Å². The fourth-order valence-electron chi connectivity index (χ4n) is 4.80. The van der Waals surface area contributed by atoms with Gasteiger partial charge in [0.05, 0.1) is 17.3 Å². The molecule has 1 aliphatic heterocycles. The molecule has 0 atom stereocenters. The summed E-state index contributed by atoms with van der Waals surface area (Å²) in [7, 11) is 0. The number of aromatic nitrogens is 2. The number of hydrogen-bond acceptors (Lipinski definition) is 4. The second-order valence-electron chi connectivity index (χ2n) is 9.06. The van der Waals surface area contributed by atoms with Crippen LogP contribution in [0.25, 0.3) is 6.58 Å². The second-order valence-corrected chi connectivity index (χ2v) is 9.47. The summed E-state index contributed by atoms with van der Waals surface area (Å²) in [6, 6.07) is 3.85. The van der Waals surface area contributed by atoms with Gasteiger partial charge in [0.2, 0.25) is 5.62 Å². The van der Waals surface area contributed by atoms with Crippen LogP contribution in [0, 0.1) is 0 Å². The van der Waals surface area contributed by atoms with Crippen molar-refractivity contribution in [3.8, 4) is 5.75 Å². The first-order chi connectivity index (χ1) is 16.0. The fraction of sp³-hybridized carbons (Fsp3) is 0.560. The topological polar surface area (TPSA) is 79.7 Å². The third kappa shape index (κ3) is 5.35. The van der Waals surface area contributed by atoms with E-state index in [9.17, 15) is 9.59 Å². The predicted molar refractivity (Wildman–Crippen MR) is 130 cm³/mol. The number of ether oxygens (including phenoxy) is 1. The standard InChI is InChI=1S/C25H33ClN4O3/c1-3-4-5-9-12-29(19-10-7-6-8-11-19)23(31)16-33-22-13-18-15-30-17(2)24(32)28-25(30)27-21(18)14-20(22)26/h13-14,19H,2-12,15-16H2,1H3,(H,27,28,32). The summed E-state index contributed by atoms with van der Waals surface area (Å²) in [6.07, 6.45) is 10.3. The number of nitrogens with zero attached hydrogens (tertiary/aromatic N) is 3. The zero-order valence-corrected chi connectivity index (χ0v) is 20.1. The Hall–Kier alpha value is -2.54. The summed E-state index contributed by atoms with van der Waals surface area (Å²) in [5.74, 6) is 0.483. The van der Waals surface area contributed by atoms with Crippen molar-refractivity contribution in [1.82, 2.24) is 14.5 Å². The molecule has 2 aliphatic rings. The van der Waals surface area contributed by atoms with E-state index >= 15 is 0 Å². The summed E-state index contributed by atoms with van der Waals surface area (Å²) in [6.45, 7) is 7.21. The van der Waals surface area contributed by atoms with Gasteiger partial charge in [-0.1, -0.05) is 63.6 Å². The van der Waals surface area contributed by atoms with E-state index in [1.165, 1.54) is 32.1 Å². The molecule has 7 nitrogen and oxygen atoms in total. The Morgan fingerprint density at radius 2 is 2.06 bits per heavy atom. The number of imidazole rings is 1. The number of fused-ring (bicyclic) bond motifs is 2. The van der Waals surface area contributed by atoms with Crippen LogP contribution in [0.2, 0.25) is 5.02 Å². The Morgan fingerprint density at radius 3 is 2.82 bits per heavy atom. The number of amides is 1. The lowest BCUT2D eigenvalue weighted by Crippen LogP contribution is -2.44. The molecule has 1 N–H and O–H groups in total. The normalized spacial score (nSPS) is 15.5. The van der Waals surface area contributed by atoms with E-state index in [-0.39, 0.29) is 18.1 Å². The molecule has 1 saturated carbocycles. The van der Waals surface area contributed by atoms with Crippen molar-refractivity contribution in [2.75, 3.05) is 13.2 Å². The van der Waals surface area contributed by atoms with Crippen LogP contribution in [0.5, 0.6) is 5.75 Å². The van der Waals surface area contributed by atoms with Crippen molar-refractivity contribution in [1.29, 1.82) is 0 Å². The Labute approximate surface area is 199 Å². The lowest BCUT2D eigenvalue weighted by atomic mass is 9.94. The molecule has 4 rings (SSSR count). The summed E-state index contributed by atoms with van der Waals surface area (Å²) < 4.78 is 7.66. The van der Waals surface area contributed by atoms with Gasteiger partial charge in [0, 0.05) is 18.2 Å². The van der Waals surface area contributed by atoms with Crippen LogP contribution >= 0.6 is 11.6 Å². The first kappa shape index (κ1) is 23.6. The monoisotopic (exact) mass is 472 g/mol. The van der Waals surface area contributed by atoms with Crippen molar-refractivity contribution in [2.45, 2.75) is 77.3 Å². The summed E-state index contributed by atoms with van der Waals surface area (Å²) in [5, 5.41) is 0.757. The van der Waals surface area contributed by atoms with Gasteiger partial charge in [-0.2, -0.15) is 0 Å². The van der Waals surface area contributed by atoms with E-state index in [2.05, 4.69) is 23.5 Å². The third-order valence-electron chi connectivity index (χ3n) is 6.70. The number of benzene rings is 1. The molecule has 1 fully saturated rings. The number of carbonyl (C=O) groups is 1. The van der Waals surface area contributed by atoms with Gasteiger partial charge >= 0.3 is 0 Å². The molecule has 1 amide bonds. The molecule has 1 aliphatic carbocycles. The van der Waals surface area contributed by atoms with Crippen LogP contribution in [0.1, 0.15) is 70.3 Å².